The van der Waals surface area contributed by atoms with Gasteiger partial charge >= 0.3 is 5.92 Å². The number of hydrogen-bond acceptors (Lipinski definition) is 7. The fraction of sp³-hybridized carbons (Fsp3) is 0.559. The predicted molar refractivity (Wildman–Crippen MR) is 173 cm³/mol. The maximum atomic E-state index is 15.6. The van der Waals surface area contributed by atoms with Crippen LogP contribution in [0.3, 0.4) is 0 Å². The first-order valence-corrected chi connectivity index (χ1v) is 16.4. The van der Waals surface area contributed by atoms with Crippen molar-refractivity contribution in [2.75, 3.05) is 45.7 Å². The smallest absolute Gasteiger partial charge is 0.351 e. The Labute approximate surface area is 279 Å². The maximum absolute atomic E-state index is 15.6. The van der Waals surface area contributed by atoms with Crippen LogP contribution in [0.5, 0.6) is 5.88 Å². The third kappa shape index (κ3) is 8.82. The first-order chi connectivity index (χ1) is 22.8. The van der Waals surface area contributed by atoms with Gasteiger partial charge in [0.05, 0.1) is 12.8 Å². The van der Waals surface area contributed by atoms with Crippen molar-refractivity contribution in [3.63, 3.8) is 0 Å². The number of methoxy groups -OCH3 is 1. The molecule has 4 amide bonds. The fourth-order valence-corrected chi connectivity index (χ4v) is 6.13. The van der Waals surface area contributed by atoms with Gasteiger partial charge in [0, 0.05) is 56.3 Å². The number of likely N-dealkylation sites (N-methyl/N-ethyl adjacent to an activating group) is 1. The highest BCUT2D eigenvalue weighted by Gasteiger charge is 2.44. The number of amides is 4. The Kier molecular flexibility index (Phi) is 12.4. The van der Waals surface area contributed by atoms with Crippen molar-refractivity contribution in [1.29, 1.82) is 0 Å². The van der Waals surface area contributed by atoms with E-state index in [1.807, 2.05) is 7.05 Å². The molecule has 2 aliphatic rings. The van der Waals surface area contributed by atoms with E-state index in [-0.39, 0.29) is 29.8 Å². The van der Waals surface area contributed by atoms with Gasteiger partial charge in [-0.1, -0.05) is 39.2 Å². The number of halogens is 3. The summed E-state index contributed by atoms with van der Waals surface area (Å²) in [5.41, 5.74) is -0.463. The topological polar surface area (TPSA) is 133 Å². The second-order valence-corrected chi connectivity index (χ2v) is 12.6. The molecule has 1 aromatic heterocycles. The molecule has 1 saturated heterocycles. The van der Waals surface area contributed by atoms with Gasteiger partial charge in [0.25, 0.3) is 5.91 Å². The van der Waals surface area contributed by atoms with E-state index in [4.69, 9.17) is 4.74 Å². The maximum Gasteiger partial charge on any atom is 0.351 e. The van der Waals surface area contributed by atoms with Gasteiger partial charge in [0.1, 0.15) is 17.9 Å². The van der Waals surface area contributed by atoms with E-state index in [0.29, 0.717) is 44.6 Å². The average molecular weight is 675 g/mol. The zero-order chi connectivity index (χ0) is 35.0. The molecule has 3 N–H and O–H groups in total. The molecule has 1 aliphatic carbocycles. The van der Waals surface area contributed by atoms with Crippen LogP contribution in [0.1, 0.15) is 69.4 Å². The van der Waals surface area contributed by atoms with E-state index >= 15 is 13.2 Å². The summed E-state index contributed by atoms with van der Waals surface area (Å²) < 4.78 is 50.9. The van der Waals surface area contributed by atoms with Gasteiger partial charge in [-0.2, -0.15) is 8.78 Å². The van der Waals surface area contributed by atoms with Gasteiger partial charge in [-0.25, -0.2) is 9.37 Å². The van der Waals surface area contributed by atoms with Gasteiger partial charge in [0.2, 0.25) is 23.6 Å². The number of hydrogen-bond donors (Lipinski definition) is 3. The molecule has 2 heterocycles. The number of rotatable bonds is 12. The zero-order valence-corrected chi connectivity index (χ0v) is 27.9. The monoisotopic (exact) mass is 674 g/mol. The lowest BCUT2D eigenvalue weighted by molar-refractivity contribution is -0.149. The third-order valence-corrected chi connectivity index (χ3v) is 9.28. The zero-order valence-electron chi connectivity index (χ0n) is 27.9. The van der Waals surface area contributed by atoms with Crippen molar-refractivity contribution >= 4 is 29.3 Å². The van der Waals surface area contributed by atoms with Crippen LogP contribution in [-0.2, 0) is 25.1 Å². The summed E-state index contributed by atoms with van der Waals surface area (Å²) in [6.07, 6.45) is 4.48. The molecular formula is C34H45F3N6O5. The van der Waals surface area contributed by atoms with Crippen molar-refractivity contribution in [1.82, 2.24) is 25.4 Å². The molecule has 1 aromatic carbocycles. The molecule has 11 nitrogen and oxygen atoms in total. The number of carbonyl (C=O) groups is 4. The van der Waals surface area contributed by atoms with Gasteiger partial charge in [-0.15, -0.1) is 0 Å². The van der Waals surface area contributed by atoms with Crippen molar-refractivity contribution in [2.24, 2.45) is 5.92 Å². The van der Waals surface area contributed by atoms with Gasteiger partial charge in [-0.05, 0) is 49.6 Å². The van der Waals surface area contributed by atoms with Crippen LogP contribution in [0.2, 0.25) is 0 Å². The van der Waals surface area contributed by atoms with Crippen molar-refractivity contribution in [3.05, 3.63) is 53.5 Å². The van der Waals surface area contributed by atoms with Crippen LogP contribution in [0.15, 0.2) is 36.5 Å². The summed E-state index contributed by atoms with van der Waals surface area (Å²) in [4.78, 5) is 59.9. The Bertz CT molecular complexity index is 1450. The Balaban J connectivity index is 1.52. The van der Waals surface area contributed by atoms with Crippen molar-refractivity contribution in [3.8, 4) is 5.88 Å². The molecule has 14 heteroatoms. The number of nitrogens with zero attached hydrogens (tertiary/aromatic N) is 3. The Morgan fingerprint density at radius 3 is 2.29 bits per heavy atom. The summed E-state index contributed by atoms with van der Waals surface area (Å²) in [5, 5.41) is 7.51. The van der Waals surface area contributed by atoms with Crippen LogP contribution in [0.4, 0.5) is 18.9 Å². The quantitative estimate of drug-likeness (QED) is 0.312. The van der Waals surface area contributed by atoms with E-state index in [0.717, 1.165) is 31.5 Å². The second-order valence-electron chi connectivity index (χ2n) is 12.6. The first-order valence-electron chi connectivity index (χ1n) is 16.4. The number of aromatic nitrogens is 1. The van der Waals surface area contributed by atoms with E-state index in [1.165, 1.54) is 25.3 Å². The normalized spacial score (nSPS) is 17.9. The number of nitrogens with one attached hydrogen (secondary N) is 3. The van der Waals surface area contributed by atoms with Gasteiger partial charge < -0.3 is 30.5 Å². The average Bonchev–Trinajstić information content (AvgIpc) is 3.10. The number of ether oxygens (including phenoxy) is 1. The second kappa shape index (κ2) is 16.3. The highest BCUT2D eigenvalue weighted by molar-refractivity contribution is 5.98. The number of pyridine rings is 1. The Hall–Kier alpha value is -4.20. The summed E-state index contributed by atoms with van der Waals surface area (Å²) in [5.74, 6) is -8.84. The minimum absolute atomic E-state index is 0.0970. The van der Waals surface area contributed by atoms with E-state index in [2.05, 4.69) is 25.8 Å². The Morgan fingerprint density at radius 2 is 1.71 bits per heavy atom. The molecule has 4 rings (SSSR count). The molecule has 3 unspecified atom stereocenters. The van der Waals surface area contributed by atoms with Crippen LogP contribution in [-0.4, -0.2) is 90.8 Å². The van der Waals surface area contributed by atoms with Crippen LogP contribution in [0, 0.1) is 11.7 Å². The number of piperazine rings is 1. The highest BCUT2D eigenvalue weighted by atomic mass is 19.3. The number of carbonyl (C=O) groups excluding carboxylic acids is 4. The van der Waals surface area contributed by atoms with Crippen LogP contribution in [0.25, 0.3) is 0 Å². The molecule has 1 saturated carbocycles. The van der Waals surface area contributed by atoms with E-state index < -0.39 is 53.0 Å². The lowest BCUT2D eigenvalue weighted by Gasteiger charge is -2.36. The summed E-state index contributed by atoms with van der Waals surface area (Å²) >= 11 is 0. The molecular weight excluding hydrogens is 629 g/mol. The van der Waals surface area contributed by atoms with Crippen LogP contribution < -0.4 is 20.7 Å². The standard InChI is InChI=1S/C34H45F3N6O5/c1-5-27(44)40-29(32(46)43-17-15-42(3)16-18-43)21(2)23-11-13-26(25(35)19-23)39-31(45)30(22-9-7-6-8-10-22)41-33(47)34(36,37)24-12-14-28(48-4)38-20-24/h11-14,19-22,29-30H,5-10,15-18H2,1-4H3,(H,39,45)(H,40,44)(H,41,47). The Morgan fingerprint density at radius 1 is 1.02 bits per heavy atom. The lowest BCUT2D eigenvalue weighted by Crippen LogP contribution is -2.55. The number of alkyl halides is 2. The summed E-state index contributed by atoms with van der Waals surface area (Å²) in [6, 6.07) is 4.01. The minimum Gasteiger partial charge on any atom is -0.481 e. The number of benzene rings is 1. The van der Waals surface area contributed by atoms with E-state index in [9.17, 15) is 19.2 Å². The summed E-state index contributed by atoms with van der Waals surface area (Å²) in [7, 11) is 3.29. The molecule has 3 atom stereocenters. The predicted octanol–water partition coefficient (Wildman–Crippen LogP) is 3.80. The molecule has 0 radical (unpaired) electrons. The molecule has 262 valence electrons. The molecule has 1 aliphatic heterocycles. The largest absolute Gasteiger partial charge is 0.481 e. The molecule has 0 spiro atoms. The molecule has 48 heavy (non-hydrogen) atoms. The molecule has 0 bridgehead atoms. The molecule has 2 fully saturated rings. The highest BCUT2D eigenvalue weighted by Crippen LogP contribution is 2.32. The number of anilines is 1. The summed E-state index contributed by atoms with van der Waals surface area (Å²) in [6.45, 7) is 5.78. The first kappa shape index (κ1) is 36.6. The van der Waals surface area contributed by atoms with Gasteiger partial charge in [-0.3, -0.25) is 19.2 Å². The third-order valence-electron chi connectivity index (χ3n) is 9.28. The van der Waals surface area contributed by atoms with Crippen LogP contribution >= 0.6 is 0 Å². The minimum atomic E-state index is -4.00. The molecule has 2 aromatic rings. The van der Waals surface area contributed by atoms with Crippen molar-refractivity contribution in [2.45, 2.75) is 76.3 Å². The van der Waals surface area contributed by atoms with Crippen molar-refractivity contribution < 1.29 is 37.1 Å². The SMILES string of the molecule is CCC(=O)NC(C(=O)N1CCN(C)CC1)C(C)c1ccc(NC(=O)C(NC(=O)C(F)(F)c2ccc(OC)nc2)C2CCCCC2)c(F)c1. The lowest BCUT2D eigenvalue weighted by atomic mass is 9.83. The van der Waals surface area contributed by atoms with E-state index in [1.54, 1.807) is 24.8 Å². The fourth-order valence-electron chi connectivity index (χ4n) is 6.13. The van der Waals surface area contributed by atoms with Gasteiger partial charge in [0.15, 0.2) is 0 Å².